The van der Waals surface area contributed by atoms with Gasteiger partial charge in [-0.3, -0.25) is 4.99 Å². The molecule has 0 spiro atoms. The summed E-state index contributed by atoms with van der Waals surface area (Å²) < 4.78 is 2.11. The van der Waals surface area contributed by atoms with Crippen molar-refractivity contribution in [3.8, 4) is 11.1 Å². The summed E-state index contributed by atoms with van der Waals surface area (Å²) in [6.07, 6.45) is 23.6. The average Bonchev–Trinajstić information content (AvgIpc) is 3.29. The average molecular weight is 456 g/mol. The molecule has 2 aromatic rings. The van der Waals surface area contributed by atoms with E-state index in [1.165, 1.54) is 72.1 Å². The van der Waals surface area contributed by atoms with Gasteiger partial charge in [-0.15, -0.1) is 0 Å². The van der Waals surface area contributed by atoms with Crippen LogP contribution in [0, 0.1) is 5.41 Å². The molecule has 1 saturated carbocycles. The Morgan fingerprint density at radius 2 is 1.91 bits per heavy atom. The number of rotatable bonds is 8. The van der Waals surface area contributed by atoms with Crippen LogP contribution in [0.5, 0.6) is 0 Å². The third-order valence-electron chi connectivity index (χ3n) is 7.60. The number of dihydropyridines is 1. The van der Waals surface area contributed by atoms with Crippen molar-refractivity contribution in [1.82, 2.24) is 9.88 Å². The zero-order chi connectivity index (χ0) is 24.0. The van der Waals surface area contributed by atoms with E-state index >= 15 is 0 Å². The standard InChI is InChI=1S/C31H41N3/c1-5-10-26(22-32-3)28-13-14-29(33-30(28)15-19-31(2)17-7-6-8-18-31)25-12-9-11-24(21-25)27-16-20-34(4)23-27/h9-14,16,20-23,30,33H,5-8,15,17-19H2,1-4H3/b26-10+,32-22?. The zero-order valence-corrected chi connectivity index (χ0v) is 21.5. The summed E-state index contributed by atoms with van der Waals surface area (Å²) in [6.45, 7) is 4.71. The first-order valence-electron chi connectivity index (χ1n) is 13.1. The molecular formula is C31H41N3. The molecule has 1 N–H and O–H groups in total. The molecule has 0 radical (unpaired) electrons. The molecule has 1 atom stereocenters. The van der Waals surface area contributed by atoms with Gasteiger partial charge in [0, 0.05) is 38.4 Å². The molecule has 1 aliphatic heterocycles. The number of aromatic nitrogens is 1. The van der Waals surface area contributed by atoms with E-state index in [1.807, 2.05) is 13.3 Å². The van der Waals surface area contributed by atoms with Crippen molar-refractivity contribution in [2.45, 2.75) is 71.3 Å². The number of hydrogen-bond donors (Lipinski definition) is 1. The number of allylic oxidation sites excluding steroid dienone is 3. The first-order valence-corrected chi connectivity index (χ1v) is 13.1. The minimum Gasteiger partial charge on any atom is -0.378 e. The summed E-state index contributed by atoms with van der Waals surface area (Å²) in [5.74, 6) is 0. The van der Waals surface area contributed by atoms with E-state index in [0.717, 1.165) is 12.8 Å². The largest absolute Gasteiger partial charge is 0.378 e. The smallest absolute Gasteiger partial charge is 0.0520 e. The van der Waals surface area contributed by atoms with E-state index in [2.05, 4.69) is 96.7 Å². The SMILES string of the molecule is CC/C=C(\C=NC)C1=CC=C(c2cccc(-c3ccn(C)c3)c2)NC1CCC1(C)CCCCC1. The number of nitrogens with one attached hydrogen (secondary N) is 1. The topological polar surface area (TPSA) is 29.3 Å². The maximum absolute atomic E-state index is 4.37. The summed E-state index contributed by atoms with van der Waals surface area (Å²) in [7, 11) is 3.94. The molecule has 1 aromatic heterocycles. The van der Waals surface area contributed by atoms with Crippen molar-refractivity contribution >= 4 is 11.9 Å². The molecule has 0 bridgehead atoms. The van der Waals surface area contributed by atoms with Crippen LogP contribution in [-0.4, -0.2) is 23.9 Å². The number of aryl methyl sites for hydroxylation is 1. The van der Waals surface area contributed by atoms with Gasteiger partial charge >= 0.3 is 0 Å². The summed E-state index contributed by atoms with van der Waals surface area (Å²) >= 11 is 0. The molecule has 0 amide bonds. The van der Waals surface area contributed by atoms with E-state index < -0.39 is 0 Å². The van der Waals surface area contributed by atoms with Gasteiger partial charge in [0.2, 0.25) is 0 Å². The molecule has 1 aromatic carbocycles. The number of aliphatic imine (C=N–C) groups is 1. The van der Waals surface area contributed by atoms with Crippen LogP contribution in [-0.2, 0) is 7.05 Å². The van der Waals surface area contributed by atoms with Crippen molar-refractivity contribution in [2.75, 3.05) is 7.05 Å². The highest BCUT2D eigenvalue weighted by Gasteiger charge is 2.29. The van der Waals surface area contributed by atoms with Crippen LogP contribution in [0.1, 0.15) is 70.8 Å². The molecule has 3 nitrogen and oxygen atoms in total. The maximum atomic E-state index is 4.37. The number of hydrogen-bond acceptors (Lipinski definition) is 2. The van der Waals surface area contributed by atoms with Gasteiger partial charge in [0.15, 0.2) is 0 Å². The highest BCUT2D eigenvalue weighted by atomic mass is 14.9. The molecule has 0 saturated heterocycles. The lowest BCUT2D eigenvalue weighted by Gasteiger charge is -2.36. The van der Waals surface area contributed by atoms with Crippen molar-refractivity contribution in [2.24, 2.45) is 17.5 Å². The third kappa shape index (κ3) is 5.81. The quantitative estimate of drug-likeness (QED) is 0.406. The fourth-order valence-electron chi connectivity index (χ4n) is 5.60. The van der Waals surface area contributed by atoms with Crippen molar-refractivity contribution in [3.63, 3.8) is 0 Å². The summed E-state index contributed by atoms with van der Waals surface area (Å²) in [6, 6.07) is 11.4. The van der Waals surface area contributed by atoms with Gasteiger partial charge in [0.25, 0.3) is 0 Å². The molecule has 1 fully saturated rings. The van der Waals surface area contributed by atoms with Crippen molar-refractivity contribution < 1.29 is 0 Å². The Balaban J connectivity index is 1.62. The van der Waals surface area contributed by atoms with E-state index in [0.29, 0.717) is 11.5 Å². The Hall–Kier alpha value is -2.81. The lowest BCUT2D eigenvalue weighted by Crippen LogP contribution is -2.35. The fraction of sp³-hybridized carbons (Fsp3) is 0.452. The van der Waals surface area contributed by atoms with Crippen molar-refractivity contribution in [3.05, 3.63) is 77.7 Å². The van der Waals surface area contributed by atoms with Crippen LogP contribution in [0.4, 0.5) is 0 Å². The van der Waals surface area contributed by atoms with Gasteiger partial charge in [-0.1, -0.05) is 63.5 Å². The monoisotopic (exact) mass is 455 g/mol. The van der Waals surface area contributed by atoms with Gasteiger partial charge in [-0.2, -0.15) is 0 Å². The van der Waals surface area contributed by atoms with E-state index in [1.54, 1.807) is 0 Å². The van der Waals surface area contributed by atoms with E-state index in [4.69, 9.17) is 0 Å². The minimum atomic E-state index is 0.301. The number of benzene rings is 1. The lowest BCUT2D eigenvalue weighted by atomic mass is 9.71. The first-order chi connectivity index (χ1) is 16.5. The summed E-state index contributed by atoms with van der Waals surface area (Å²) in [4.78, 5) is 4.37. The molecule has 2 heterocycles. The van der Waals surface area contributed by atoms with Crippen molar-refractivity contribution in [1.29, 1.82) is 0 Å². The van der Waals surface area contributed by atoms with Crippen LogP contribution in [0.2, 0.25) is 0 Å². The normalized spacial score (nSPS) is 20.7. The van der Waals surface area contributed by atoms with E-state index in [9.17, 15) is 0 Å². The predicted molar refractivity (Wildman–Crippen MR) is 147 cm³/mol. The summed E-state index contributed by atoms with van der Waals surface area (Å²) in [5, 5.41) is 3.94. The minimum absolute atomic E-state index is 0.301. The maximum Gasteiger partial charge on any atom is 0.0520 e. The first kappa shape index (κ1) is 24.3. The third-order valence-corrected chi connectivity index (χ3v) is 7.60. The lowest BCUT2D eigenvalue weighted by molar-refractivity contribution is 0.190. The Bertz CT molecular complexity index is 1090. The van der Waals surface area contributed by atoms with Gasteiger partial charge in [0.1, 0.15) is 0 Å². The van der Waals surface area contributed by atoms with Crippen LogP contribution in [0.25, 0.3) is 16.8 Å². The van der Waals surface area contributed by atoms with Crippen LogP contribution in [0.3, 0.4) is 0 Å². The number of nitrogens with zero attached hydrogens (tertiary/aromatic N) is 2. The molecule has 1 aliphatic carbocycles. The highest BCUT2D eigenvalue weighted by Crippen LogP contribution is 2.41. The summed E-state index contributed by atoms with van der Waals surface area (Å²) in [5.41, 5.74) is 8.07. The second-order valence-electron chi connectivity index (χ2n) is 10.4. The van der Waals surface area contributed by atoms with Gasteiger partial charge in [-0.25, -0.2) is 0 Å². The molecule has 180 valence electrons. The van der Waals surface area contributed by atoms with E-state index in [-0.39, 0.29) is 0 Å². The zero-order valence-electron chi connectivity index (χ0n) is 21.5. The van der Waals surface area contributed by atoms with Gasteiger partial charge < -0.3 is 9.88 Å². The predicted octanol–water partition coefficient (Wildman–Crippen LogP) is 7.72. The van der Waals surface area contributed by atoms with Gasteiger partial charge in [-0.05, 0) is 83.6 Å². The second-order valence-corrected chi connectivity index (χ2v) is 10.4. The van der Waals surface area contributed by atoms with Crippen LogP contribution in [0.15, 0.2) is 77.1 Å². The molecule has 1 unspecified atom stereocenters. The Morgan fingerprint density at radius 1 is 1.12 bits per heavy atom. The highest BCUT2D eigenvalue weighted by molar-refractivity contribution is 5.86. The Kier molecular flexibility index (Phi) is 7.92. The second kappa shape index (κ2) is 11.1. The Morgan fingerprint density at radius 3 is 2.62 bits per heavy atom. The molecule has 4 rings (SSSR count). The van der Waals surface area contributed by atoms with Gasteiger partial charge in [0.05, 0.1) is 6.04 Å². The fourth-order valence-corrected chi connectivity index (χ4v) is 5.60. The molecule has 34 heavy (non-hydrogen) atoms. The molecular weight excluding hydrogens is 414 g/mol. The molecule has 3 heteroatoms. The Labute approximate surface area is 206 Å². The molecule has 2 aliphatic rings. The van der Waals surface area contributed by atoms with Crippen LogP contribution >= 0.6 is 0 Å². The van der Waals surface area contributed by atoms with Crippen LogP contribution < -0.4 is 5.32 Å².